The third-order valence-electron chi connectivity index (χ3n) is 0. The van der Waals surface area contributed by atoms with Gasteiger partial charge in [-0.25, -0.2) is 0 Å². The third-order valence-corrected chi connectivity index (χ3v) is 0. The van der Waals surface area contributed by atoms with E-state index in [4.69, 9.17) is 14.4 Å². The Morgan fingerprint density at radius 3 is 0.812 bits per heavy atom. The topological polar surface area (TPSA) is 85.3 Å². The minimum atomic E-state index is -0.250. The van der Waals surface area contributed by atoms with Crippen molar-refractivity contribution in [1.29, 1.82) is 0 Å². The summed E-state index contributed by atoms with van der Waals surface area (Å²) in [5, 5.41) is -0.500. The fourth-order valence-corrected chi connectivity index (χ4v) is 0. The molecule has 99 valence electrons. The maximum atomic E-state index is 9.26. The van der Waals surface area contributed by atoms with Crippen molar-refractivity contribution in [3.8, 4) is 0 Å². The van der Waals surface area contributed by atoms with Gasteiger partial charge >= 0.3 is 27.0 Å². The van der Waals surface area contributed by atoms with E-state index in [-0.39, 0.29) is 10.2 Å². The summed E-state index contributed by atoms with van der Waals surface area (Å²) in [6, 6.07) is 0. The van der Waals surface area contributed by atoms with Crippen molar-refractivity contribution >= 4 is 65.5 Å². The number of hydrogen-bond donors (Lipinski definition) is 0. The molecule has 0 aliphatic carbocycles. The van der Waals surface area contributed by atoms with Crippen LogP contribution in [-0.2, 0) is 66.5 Å². The first-order chi connectivity index (χ1) is 7.46. The molecule has 0 unspecified atom stereocenters. The molecular weight excluding hydrogens is 365 g/mol. The zero-order chi connectivity index (χ0) is 15.2. The zero-order valence-corrected chi connectivity index (χ0v) is 12.4. The Bertz CT molecular complexity index is 115. The molecule has 0 heterocycles. The summed E-state index contributed by atoms with van der Waals surface area (Å²) in [5.41, 5.74) is 0. The molecule has 0 saturated carbocycles. The van der Waals surface area contributed by atoms with Crippen LogP contribution >= 0.6 is 9.69 Å². The van der Waals surface area contributed by atoms with Crippen molar-refractivity contribution in [2.75, 3.05) is 0 Å². The molecule has 0 amide bonds. The Labute approximate surface area is 120 Å². The molecule has 0 bridgehead atoms. The van der Waals surface area contributed by atoms with Crippen molar-refractivity contribution in [2.45, 2.75) is 13.8 Å². The molecule has 0 atom stereocenters. The van der Waals surface area contributed by atoms with Crippen LogP contribution in [0.15, 0.2) is 0 Å². The number of halogens is 1. The predicted molar refractivity (Wildman–Crippen MR) is 62.2 cm³/mol. The van der Waals surface area contributed by atoms with E-state index in [9.17, 15) is 9.59 Å². The van der Waals surface area contributed by atoms with Gasteiger partial charge in [-0.2, -0.15) is 0 Å². The second-order valence-electron chi connectivity index (χ2n) is 0.983. The standard InChI is InChI=1S/2C2H4OS.3CHO.ClH.Ru/c2*1-2(3)4;3*1-2;;/h2*1H3,(H,3,4);3*1H;1H;/q;;3*-1;;+1/p-3. The van der Waals surface area contributed by atoms with Crippen molar-refractivity contribution in [3.63, 3.8) is 0 Å². The van der Waals surface area contributed by atoms with Crippen molar-refractivity contribution in [3.05, 3.63) is 0 Å². The van der Waals surface area contributed by atoms with Crippen LogP contribution in [0.1, 0.15) is 13.8 Å². The summed E-state index contributed by atoms with van der Waals surface area (Å²) in [7, 11) is 4.57. The van der Waals surface area contributed by atoms with Crippen LogP contribution in [0.2, 0.25) is 0 Å². The quantitative estimate of drug-likeness (QED) is 0.256. The maximum absolute atomic E-state index is 9.26. The van der Waals surface area contributed by atoms with E-state index in [1.807, 2.05) is 17.3 Å². The molecule has 5 nitrogen and oxygen atoms in total. The molecule has 0 rings (SSSR count). The SMILES string of the molecule is CC(=O)[S-].CC(=O)[S-].[CH-]=O.[CH-]=O.[CH-]=O.[Cl][Ru]. The Hall–Kier alpha value is -0.297. The van der Waals surface area contributed by atoms with E-state index in [1.54, 1.807) is 0 Å². The van der Waals surface area contributed by atoms with Crippen LogP contribution in [0.5, 0.6) is 0 Å². The minimum absolute atomic E-state index is 0.250. The third kappa shape index (κ3) is 25100. The van der Waals surface area contributed by atoms with E-state index >= 15 is 0 Å². The van der Waals surface area contributed by atoms with E-state index in [0.29, 0.717) is 0 Å². The number of carbonyl (C=O) groups is 2. The molecule has 0 spiro atoms. The van der Waals surface area contributed by atoms with Crippen molar-refractivity contribution in [1.82, 2.24) is 0 Å². The van der Waals surface area contributed by atoms with Crippen LogP contribution in [0.3, 0.4) is 0 Å². The molecule has 9 heteroatoms. The Morgan fingerprint density at radius 1 is 0.812 bits per heavy atom. The van der Waals surface area contributed by atoms with Gasteiger partial charge in [-0.3, -0.25) is 20.4 Å². The molecule has 0 aliphatic rings. The summed E-state index contributed by atoms with van der Waals surface area (Å²) >= 11 is 9.79. The van der Waals surface area contributed by atoms with Gasteiger partial charge in [0.2, 0.25) is 0 Å². The van der Waals surface area contributed by atoms with Gasteiger partial charge in [0.1, 0.15) is 0 Å². The van der Waals surface area contributed by atoms with Crippen molar-refractivity contribution < 1.29 is 41.3 Å². The summed E-state index contributed by atoms with van der Waals surface area (Å²) in [5.74, 6) is 0. The molecule has 0 aromatic heterocycles. The van der Waals surface area contributed by atoms with E-state index in [2.05, 4.69) is 55.3 Å². The summed E-state index contributed by atoms with van der Waals surface area (Å²) in [6.45, 7) is 12.4. The predicted octanol–water partition coefficient (Wildman–Crippen LogP) is 0.0243. The van der Waals surface area contributed by atoms with Gasteiger partial charge < -0.3 is 49.2 Å². The summed E-state index contributed by atoms with van der Waals surface area (Å²) < 4.78 is 0. The molecule has 0 radical (unpaired) electrons. The number of carbonyl (C=O) groups excluding carboxylic acids is 5. The first kappa shape index (κ1) is 36.1. The van der Waals surface area contributed by atoms with Crippen molar-refractivity contribution in [2.24, 2.45) is 0 Å². The number of hydrogen-bond acceptors (Lipinski definition) is 7. The van der Waals surface area contributed by atoms with E-state index < -0.39 is 0 Å². The molecule has 0 saturated heterocycles. The average Bonchev–Trinajstić information content (AvgIpc) is 2.27. The Morgan fingerprint density at radius 2 is 0.812 bits per heavy atom. The molecule has 0 fully saturated rings. The van der Waals surface area contributed by atoms with Gasteiger partial charge in [-0.1, -0.05) is 0 Å². The molecule has 0 N–H and O–H groups in total. The normalized spacial score (nSPS) is 4.25. The first-order valence-electron chi connectivity index (χ1n) is 2.66. The Balaban J connectivity index is -0.0000000196. The summed E-state index contributed by atoms with van der Waals surface area (Å²) in [6.07, 6.45) is 0. The zero-order valence-electron chi connectivity index (χ0n) is 8.32. The van der Waals surface area contributed by atoms with Gasteiger partial charge in [-0.05, 0) is 13.8 Å². The molecule has 0 aromatic rings. The first-order valence-corrected chi connectivity index (χ1v) is 5.71. The summed E-state index contributed by atoms with van der Waals surface area (Å²) in [4.78, 5) is 41.8. The van der Waals surface area contributed by atoms with E-state index in [1.165, 1.54) is 13.8 Å². The molecule has 0 aromatic carbocycles. The van der Waals surface area contributed by atoms with Gasteiger partial charge in [0, 0.05) is 10.2 Å². The van der Waals surface area contributed by atoms with Gasteiger partial charge in [0.25, 0.3) is 0 Å². The fraction of sp³-hybridized carbons (Fsp3) is 0.286. The Kier molecular flexibility index (Phi) is 191. The van der Waals surface area contributed by atoms with Crippen LogP contribution in [0, 0.1) is 0 Å². The molecule has 0 aliphatic heterocycles. The van der Waals surface area contributed by atoms with Crippen LogP contribution in [0.25, 0.3) is 0 Å². The number of rotatable bonds is 0. The van der Waals surface area contributed by atoms with E-state index in [0.717, 1.165) is 0 Å². The van der Waals surface area contributed by atoms with Gasteiger partial charge in [-0.15, -0.1) is 0 Å². The second-order valence-corrected chi connectivity index (χ2v) is 2.13. The fourth-order valence-electron chi connectivity index (χ4n) is 0. The van der Waals surface area contributed by atoms with Crippen LogP contribution < -0.4 is 0 Å². The molecular formula is C7H9ClO5RuS2-5. The molecule has 16 heavy (non-hydrogen) atoms. The van der Waals surface area contributed by atoms with Gasteiger partial charge in [0.05, 0.1) is 0 Å². The average molecular weight is 374 g/mol. The van der Waals surface area contributed by atoms with Crippen LogP contribution in [-0.4, -0.2) is 30.6 Å². The monoisotopic (exact) mass is 374 g/mol. The van der Waals surface area contributed by atoms with Crippen LogP contribution in [0.4, 0.5) is 0 Å². The second kappa shape index (κ2) is 84.9. The van der Waals surface area contributed by atoms with Gasteiger partial charge in [0.15, 0.2) is 0 Å².